The monoisotopic (exact) mass is 517 g/mol. The van der Waals surface area contributed by atoms with E-state index in [2.05, 4.69) is 21.2 Å². The van der Waals surface area contributed by atoms with E-state index in [1.165, 1.54) is 0 Å². The molecule has 30 heavy (non-hydrogen) atoms. The van der Waals surface area contributed by atoms with Crippen LogP contribution in [-0.2, 0) is 14.3 Å². The van der Waals surface area contributed by atoms with Crippen molar-refractivity contribution in [1.82, 2.24) is 5.32 Å². The van der Waals surface area contributed by atoms with Gasteiger partial charge in [0.2, 0.25) is 5.91 Å². The van der Waals surface area contributed by atoms with Crippen LogP contribution in [0.15, 0.2) is 54.6 Å². The summed E-state index contributed by atoms with van der Waals surface area (Å²) >= 11 is 14.5. The third-order valence-electron chi connectivity index (χ3n) is 3.55. The molecule has 8 heteroatoms. The van der Waals surface area contributed by atoms with Crippen molar-refractivity contribution in [3.8, 4) is 0 Å². The van der Waals surface area contributed by atoms with Gasteiger partial charge in [0, 0.05) is 10.0 Å². The molecule has 0 fully saturated rings. The largest absolute Gasteiger partial charge is 0.460 e. The summed E-state index contributed by atoms with van der Waals surface area (Å²) in [7, 11) is 0. The van der Waals surface area contributed by atoms with E-state index in [0.717, 1.165) is 10.6 Å². The highest BCUT2D eigenvalue weighted by molar-refractivity contribution is 9.10. The number of esters is 1. The van der Waals surface area contributed by atoms with Gasteiger partial charge in [-0.2, -0.15) is 0 Å². The van der Waals surface area contributed by atoms with Crippen molar-refractivity contribution < 1.29 is 19.4 Å². The van der Waals surface area contributed by atoms with Crippen molar-refractivity contribution in [3.63, 3.8) is 0 Å². The first-order chi connectivity index (χ1) is 14.0. The average molecular weight is 519 g/mol. The number of amides is 1. The SMILES string of the molecule is CC(C)(C)OC(=O)CC(Br)C(=O)NC(CO)c1ccc(Cl)cc1.Clc1ccccc1. The summed E-state index contributed by atoms with van der Waals surface area (Å²) in [5.74, 6) is -0.869. The molecule has 2 aromatic carbocycles. The van der Waals surface area contributed by atoms with Crippen LogP contribution in [0.25, 0.3) is 0 Å². The molecule has 0 aliphatic rings. The number of halogens is 3. The van der Waals surface area contributed by atoms with Crippen LogP contribution in [0.3, 0.4) is 0 Å². The van der Waals surface area contributed by atoms with Gasteiger partial charge in [-0.1, -0.05) is 69.5 Å². The quantitative estimate of drug-likeness (QED) is 0.400. The molecule has 2 atom stereocenters. The molecule has 0 saturated carbocycles. The Morgan fingerprint density at radius 3 is 2.00 bits per heavy atom. The first kappa shape index (κ1) is 26.4. The number of carbonyl (C=O) groups excluding carboxylic acids is 2. The lowest BCUT2D eigenvalue weighted by Crippen LogP contribution is -2.37. The average Bonchev–Trinajstić information content (AvgIpc) is 2.66. The standard InChI is InChI=1S/C16H21BrClNO4.C6H5Cl/c1-16(2,3)23-14(21)8-12(17)15(22)19-13(9-20)10-4-6-11(18)7-5-10;7-6-4-2-1-3-5-6/h4-7,12-13,20H,8-9H2,1-3H3,(H,19,22);1-5H. The summed E-state index contributed by atoms with van der Waals surface area (Å²) < 4.78 is 5.17. The number of ether oxygens (including phenoxy) is 1. The zero-order valence-corrected chi connectivity index (χ0v) is 20.2. The van der Waals surface area contributed by atoms with Crippen LogP contribution >= 0.6 is 39.1 Å². The number of nitrogens with one attached hydrogen (secondary N) is 1. The number of alkyl halides is 1. The van der Waals surface area contributed by atoms with Crippen molar-refractivity contribution in [2.45, 2.75) is 43.7 Å². The molecule has 0 aromatic heterocycles. The number of aliphatic hydroxyl groups excluding tert-OH is 1. The molecule has 0 aliphatic carbocycles. The predicted octanol–water partition coefficient (Wildman–Crippen LogP) is 5.32. The lowest BCUT2D eigenvalue weighted by molar-refractivity contribution is -0.155. The molecule has 0 heterocycles. The van der Waals surface area contributed by atoms with Gasteiger partial charge in [0.25, 0.3) is 0 Å². The number of benzene rings is 2. The van der Waals surface area contributed by atoms with E-state index in [-0.39, 0.29) is 13.0 Å². The molecule has 0 bridgehead atoms. The van der Waals surface area contributed by atoms with E-state index in [4.69, 9.17) is 27.9 Å². The Labute approximate surface area is 195 Å². The summed E-state index contributed by atoms with van der Waals surface area (Å²) in [5, 5.41) is 13.5. The second-order valence-corrected chi connectivity index (χ2v) is 9.33. The minimum Gasteiger partial charge on any atom is -0.460 e. The molecular formula is C22H26BrCl2NO4. The molecule has 164 valence electrons. The van der Waals surface area contributed by atoms with Gasteiger partial charge < -0.3 is 15.2 Å². The Morgan fingerprint density at radius 2 is 1.57 bits per heavy atom. The van der Waals surface area contributed by atoms with Gasteiger partial charge in [0.15, 0.2) is 0 Å². The van der Waals surface area contributed by atoms with E-state index in [1.807, 2.05) is 30.3 Å². The number of aliphatic hydroxyl groups is 1. The van der Waals surface area contributed by atoms with Crippen LogP contribution < -0.4 is 5.32 Å². The fourth-order valence-electron chi connectivity index (χ4n) is 2.23. The van der Waals surface area contributed by atoms with Gasteiger partial charge in [0.05, 0.1) is 19.1 Å². The van der Waals surface area contributed by atoms with E-state index in [1.54, 1.807) is 45.0 Å². The van der Waals surface area contributed by atoms with Crippen LogP contribution in [0, 0.1) is 0 Å². The highest BCUT2D eigenvalue weighted by Crippen LogP contribution is 2.18. The first-order valence-electron chi connectivity index (χ1n) is 9.25. The normalized spacial score (nSPS) is 12.8. The number of rotatable bonds is 6. The van der Waals surface area contributed by atoms with Gasteiger partial charge in [-0.05, 0) is 50.6 Å². The van der Waals surface area contributed by atoms with E-state index in [9.17, 15) is 14.7 Å². The zero-order chi connectivity index (χ0) is 22.7. The predicted molar refractivity (Wildman–Crippen MR) is 124 cm³/mol. The summed E-state index contributed by atoms with van der Waals surface area (Å²) in [4.78, 5) is 23.2. The second-order valence-electron chi connectivity index (χ2n) is 7.35. The van der Waals surface area contributed by atoms with Crippen LogP contribution in [0.2, 0.25) is 10.0 Å². The van der Waals surface area contributed by atoms with Gasteiger partial charge in [-0.3, -0.25) is 9.59 Å². The van der Waals surface area contributed by atoms with Crippen LogP contribution in [0.5, 0.6) is 0 Å². The molecule has 0 spiro atoms. The van der Waals surface area contributed by atoms with Crippen LogP contribution in [0.4, 0.5) is 0 Å². The van der Waals surface area contributed by atoms with E-state index >= 15 is 0 Å². The molecule has 5 nitrogen and oxygen atoms in total. The van der Waals surface area contributed by atoms with Crippen molar-refractivity contribution >= 4 is 51.0 Å². The first-order valence-corrected chi connectivity index (χ1v) is 10.9. The van der Waals surface area contributed by atoms with E-state index < -0.39 is 28.3 Å². The molecule has 0 aliphatic heterocycles. The van der Waals surface area contributed by atoms with Crippen LogP contribution in [0.1, 0.15) is 38.8 Å². The van der Waals surface area contributed by atoms with Gasteiger partial charge in [-0.15, -0.1) is 0 Å². The second kappa shape index (κ2) is 13.0. The minimum absolute atomic E-state index is 0.0954. The van der Waals surface area contributed by atoms with E-state index in [0.29, 0.717) is 5.02 Å². The lowest BCUT2D eigenvalue weighted by Gasteiger charge is -2.21. The number of hydrogen-bond acceptors (Lipinski definition) is 4. The third kappa shape index (κ3) is 11.0. The Morgan fingerprint density at radius 1 is 1.03 bits per heavy atom. The van der Waals surface area contributed by atoms with Gasteiger partial charge in [-0.25, -0.2) is 0 Å². The minimum atomic E-state index is -0.737. The maximum absolute atomic E-state index is 12.2. The van der Waals surface area contributed by atoms with Crippen molar-refractivity contribution in [1.29, 1.82) is 0 Å². The van der Waals surface area contributed by atoms with Gasteiger partial charge >= 0.3 is 5.97 Å². The molecule has 2 rings (SSSR count). The molecule has 1 amide bonds. The Hall–Kier alpha value is -1.60. The topological polar surface area (TPSA) is 75.6 Å². The Bertz CT molecular complexity index is 795. The van der Waals surface area contributed by atoms with Gasteiger partial charge in [0.1, 0.15) is 10.4 Å². The molecule has 0 saturated heterocycles. The number of hydrogen-bond donors (Lipinski definition) is 2. The third-order valence-corrected chi connectivity index (χ3v) is 4.80. The molecule has 2 unspecified atom stereocenters. The summed E-state index contributed by atoms with van der Waals surface area (Å²) in [5.41, 5.74) is 0.124. The molecule has 2 N–H and O–H groups in total. The molecular weight excluding hydrogens is 493 g/mol. The maximum atomic E-state index is 12.2. The summed E-state index contributed by atoms with van der Waals surface area (Å²) in [6.45, 7) is 5.02. The number of carbonyl (C=O) groups is 2. The Kier molecular flexibility index (Phi) is 11.4. The fourth-order valence-corrected chi connectivity index (χ4v) is 2.90. The van der Waals surface area contributed by atoms with Crippen molar-refractivity contribution in [2.75, 3.05) is 6.61 Å². The smallest absolute Gasteiger partial charge is 0.307 e. The highest BCUT2D eigenvalue weighted by Gasteiger charge is 2.25. The molecule has 2 aromatic rings. The summed E-state index contributed by atoms with van der Waals surface area (Å²) in [6, 6.07) is 15.7. The fraction of sp³-hybridized carbons (Fsp3) is 0.364. The lowest BCUT2D eigenvalue weighted by atomic mass is 10.1. The zero-order valence-electron chi connectivity index (χ0n) is 17.1. The van der Waals surface area contributed by atoms with Crippen molar-refractivity contribution in [2.24, 2.45) is 0 Å². The Balaban J connectivity index is 0.000000539. The van der Waals surface area contributed by atoms with Crippen LogP contribution in [-0.4, -0.2) is 34.0 Å². The maximum Gasteiger partial charge on any atom is 0.307 e. The highest BCUT2D eigenvalue weighted by atomic mass is 79.9. The van der Waals surface area contributed by atoms with Crippen molar-refractivity contribution in [3.05, 3.63) is 70.2 Å². The molecule has 0 radical (unpaired) electrons. The summed E-state index contributed by atoms with van der Waals surface area (Å²) in [6.07, 6.45) is -0.0954.